The van der Waals surface area contributed by atoms with Crippen molar-refractivity contribution in [3.63, 3.8) is 0 Å². The quantitative estimate of drug-likeness (QED) is 0.846. The van der Waals surface area contributed by atoms with Crippen LogP contribution in [0, 0.1) is 0 Å². The lowest BCUT2D eigenvalue weighted by Crippen LogP contribution is -2.08. The van der Waals surface area contributed by atoms with Crippen molar-refractivity contribution in [2.45, 2.75) is 0 Å². The van der Waals surface area contributed by atoms with Crippen molar-refractivity contribution in [1.82, 2.24) is 4.98 Å². The molecule has 1 aromatic carbocycles. The van der Waals surface area contributed by atoms with Gasteiger partial charge in [0.2, 0.25) is 5.75 Å². The first-order valence-electron chi connectivity index (χ1n) is 6.17. The number of carbonyl (C=O) groups is 1. The van der Waals surface area contributed by atoms with E-state index in [0.717, 1.165) is 0 Å². The standard InChI is InChI=1S/C15H16N2O4/c1-19-11-7-9(8-12(20-2)14(11)21-3)13(18)10-5-4-6-17-15(10)16/h4-8H,1-3H3,(H2,16,17). The van der Waals surface area contributed by atoms with Gasteiger partial charge in [0.25, 0.3) is 0 Å². The average molecular weight is 288 g/mol. The number of pyridine rings is 1. The molecule has 6 nitrogen and oxygen atoms in total. The van der Waals surface area contributed by atoms with Crippen molar-refractivity contribution in [2.24, 2.45) is 0 Å². The van der Waals surface area contributed by atoms with Crippen LogP contribution < -0.4 is 19.9 Å². The van der Waals surface area contributed by atoms with E-state index in [9.17, 15) is 4.79 Å². The van der Waals surface area contributed by atoms with Crippen molar-refractivity contribution in [3.05, 3.63) is 41.6 Å². The lowest BCUT2D eigenvalue weighted by Gasteiger charge is -2.14. The van der Waals surface area contributed by atoms with Crippen LogP contribution in [0.2, 0.25) is 0 Å². The number of benzene rings is 1. The van der Waals surface area contributed by atoms with Crippen molar-refractivity contribution >= 4 is 11.6 Å². The average Bonchev–Trinajstić information content (AvgIpc) is 2.53. The fraction of sp³-hybridized carbons (Fsp3) is 0.200. The Morgan fingerprint density at radius 2 is 1.71 bits per heavy atom. The third-order valence-electron chi connectivity index (χ3n) is 3.01. The molecule has 0 atom stereocenters. The molecule has 6 heteroatoms. The molecule has 2 N–H and O–H groups in total. The van der Waals surface area contributed by atoms with Crippen molar-refractivity contribution < 1.29 is 19.0 Å². The zero-order valence-corrected chi connectivity index (χ0v) is 12.0. The molecular weight excluding hydrogens is 272 g/mol. The van der Waals surface area contributed by atoms with Gasteiger partial charge < -0.3 is 19.9 Å². The number of nitrogen functional groups attached to an aromatic ring is 1. The summed E-state index contributed by atoms with van der Waals surface area (Å²) in [5.74, 6) is 1.15. The number of ether oxygens (including phenoxy) is 3. The number of hydrogen-bond donors (Lipinski definition) is 1. The number of nitrogens with two attached hydrogens (primary N) is 1. The highest BCUT2D eigenvalue weighted by Gasteiger charge is 2.19. The Bertz CT molecular complexity index is 645. The van der Waals surface area contributed by atoms with Crippen LogP contribution >= 0.6 is 0 Å². The number of ketones is 1. The third-order valence-corrected chi connectivity index (χ3v) is 3.01. The zero-order chi connectivity index (χ0) is 15.4. The summed E-state index contributed by atoms with van der Waals surface area (Å²) in [5.41, 5.74) is 6.44. The Morgan fingerprint density at radius 3 is 2.19 bits per heavy atom. The second-order valence-electron chi connectivity index (χ2n) is 4.18. The molecule has 0 amide bonds. The SMILES string of the molecule is COc1cc(C(=O)c2cccnc2N)cc(OC)c1OC. The summed E-state index contributed by atoms with van der Waals surface area (Å²) in [6.07, 6.45) is 1.53. The molecule has 0 bridgehead atoms. The molecule has 0 unspecified atom stereocenters. The van der Waals surface area contributed by atoms with E-state index < -0.39 is 0 Å². The van der Waals surface area contributed by atoms with Crippen LogP contribution in [0.25, 0.3) is 0 Å². The molecule has 0 fully saturated rings. The Kier molecular flexibility index (Phi) is 4.27. The number of aromatic nitrogens is 1. The first-order chi connectivity index (χ1) is 10.1. The fourth-order valence-corrected chi connectivity index (χ4v) is 1.98. The lowest BCUT2D eigenvalue weighted by atomic mass is 10.0. The molecule has 0 aliphatic heterocycles. The van der Waals surface area contributed by atoms with E-state index in [-0.39, 0.29) is 11.6 Å². The first kappa shape index (κ1) is 14.6. The van der Waals surface area contributed by atoms with Crippen molar-refractivity contribution in [3.8, 4) is 17.2 Å². The molecule has 0 radical (unpaired) electrons. The summed E-state index contributed by atoms with van der Waals surface area (Å²) in [7, 11) is 4.48. The molecule has 2 rings (SSSR count). The highest BCUT2D eigenvalue weighted by molar-refractivity contribution is 6.12. The summed E-state index contributed by atoms with van der Waals surface area (Å²) in [4.78, 5) is 16.4. The lowest BCUT2D eigenvalue weighted by molar-refractivity contribution is 0.103. The van der Waals surface area contributed by atoms with Gasteiger partial charge in [0.1, 0.15) is 5.82 Å². The highest BCUT2D eigenvalue weighted by atomic mass is 16.5. The van der Waals surface area contributed by atoms with E-state index in [1.54, 1.807) is 24.3 Å². The molecule has 21 heavy (non-hydrogen) atoms. The van der Waals surface area contributed by atoms with Gasteiger partial charge in [-0.3, -0.25) is 4.79 Å². The minimum absolute atomic E-state index is 0.177. The number of carbonyl (C=O) groups excluding carboxylic acids is 1. The zero-order valence-electron chi connectivity index (χ0n) is 12.0. The van der Waals surface area contributed by atoms with Gasteiger partial charge in [-0.05, 0) is 24.3 Å². The van der Waals surface area contributed by atoms with E-state index in [1.165, 1.54) is 27.5 Å². The minimum Gasteiger partial charge on any atom is -0.493 e. The van der Waals surface area contributed by atoms with Crippen molar-refractivity contribution in [1.29, 1.82) is 0 Å². The summed E-state index contributed by atoms with van der Waals surface area (Å²) >= 11 is 0. The van der Waals surface area contributed by atoms with Crippen LogP contribution in [0.1, 0.15) is 15.9 Å². The maximum absolute atomic E-state index is 12.5. The van der Waals surface area contributed by atoms with Crippen LogP contribution in [0.4, 0.5) is 5.82 Å². The van der Waals surface area contributed by atoms with E-state index >= 15 is 0 Å². The van der Waals surface area contributed by atoms with Crippen molar-refractivity contribution in [2.75, 3.05) is 27.1 Å². The van der Waals surface area contributed by atoms with Crippen LogP contribution in [-0.2, 0) is 0 Å². The Morgan fingerprint density at radius 1 is 1.10 bits per heavy atom. The predicted molar refractivity (Wildman–Crippen MR) is 78.2 cm³/mol. The molecule has 0 spiro atoms. The van der Waals surface area contributed by atoms with Gasteiger partial charge in [-0.25, -0.2) is 4.98 Å². The third kappa shape index (κ3) is 2.74. The molecule has 110 valence electrons. The monoisotopic (exact) mass is 288 g/mol. The van der Waals surface area contributed by atoms with Gasteiger partial charge in [-0.15, -0.1) is 0 Å². The number of rotatable bonds is 5. The largest absolute Gasteiger partial charge is 0.493 e. The second kappa shape index (κ2) is 6.13. The maximum atomic E-state index is 12.5. The second-order valence-corrected chi connectivity index (χ2v) is 4.18. The van der Waals surface area contributed by atoms with Crippen LogP contribution in [0.15, 0.2) is 30.5 Å². The van der Waals surface area contributed by atoms with Gasteiger partial charge in [-0.1, -0.05) is 0 Å². The number of methoxy groups -OCH3 is 3. The normalized spacial score (nSPS) is 10.0. The summed E-state index contributed by atoms with van der Waals surface area (Å²) in [6, 6.07) is 6.43. The molecular formula is C15H16N2O4. The molecule has 0 aliphatic rings. The van der Waals surface area contributed by atoms with Gasteiger partial charge in [-0.2, -0.15) is 0 Å². The maximum Gasteiger partial charge on any atom is 0.203 e. The topological polar surface area (TPSA) is 83.7 Å². The summed E-state index contributed by atoms with van der Waals surface area (Å²) in [5, 5.41) is 0. The molecule has 0 saturated heterocycles. The van der Waals surface area contributed by atoms with E-state index in [2.05, 4.69) is 4.98 Å². The summed E-state index contributed by atoms with van der Waals surface area (Å²) in [6.45, 7) is 0. The Balaban J connectivity index is 2.54. The number of nitrogens with zero attached hydrogens (tertiary/aromatic N) is 1. The first-order valence-corrected chi connectivity index (χ1v) is 6.17. The molecule has 2 aromatic rings. The molecule has 1 heterocycles. The van der Waals surface area contributed by atoms with Gasteiger partial charge in [0, 0.05) is 11.8 Å². The Labute approximate surface area is 122 Å². The molecule has 0 saturated carbocycles. The van der Waals surface area contributed by atoms with E-state index in [0.29, 0.717) is 28.4 Å². The van der Waals surface area contributed by atoms with Gasteiger partial charge >= 0.3 is 0 Å². The molecule has 1 aromatic heterocycles. The smallest absolute Gasteiger partial charge is 0.203 e. The van der Waals surface area contributed by atoms with Crippen LogP contribution in [-0.4, -0.2) is 32.1 Å². The fourth-order valence-electron chi connectivity index (χ4n) is 1.98. The van der Waals surface area contributed by atoms with E-state index in [4.69, 9.17) is 19.9 Å². The molecule has 0 aliphatic carbocycles. The highest BCUT2D eigenvalue weighted by Crippen LogP contribution is 2.38. The minimum atomic E-state index is -0.264. The Hall–Kier alpha value is -2.76. The van der Waals surface area contributed by atoms with Gasteiger partial charge in [0.05, 0.1) is 26.9 Å². The van der Waals surface area contributed by atoms with Crippen LogP contribution in [0.3, 0.4) is 0 Å². The van der Waals surface area contributed by atoms with E-state index in [1.807, 2.05) is 0 Å². The van der Waals surface area contributed by atoms with Gasteiger partial charge in [0.15, 0.2) is 17.3 Å². The summed E-state index contributed by atoms with van der Waals surface area (Å²) < 4.78 is 15.7. The predicted octanol–water partition coefficient (Wildman–Crippen LogP) is 1.92. The number of anilines is 1. The van der Waals surface area contributed by atoms with Crippen LogP contribution in [0.5, 0.6) is 17.2 Å². The number of hydrogen-bond acceptors (Lipinski definition) is 6.